The first kappa shape index (κ1) is 17.7. The lowest BCUT2D eigenvalue weighted by atomic mass is 10.1. The summed E-state index contributed by atoms with van der Waals surface area (Å²) in [6, 6.07) is 10.3. The summed E-state index contributed by atoms with van der Waals surface area (Å²) in [5, 5.41) is 0.651. The number of anilines is 2. The van der Waals surface area contributed by atoms with Gasteiger partial charge in [0.25, 0.3) is 0 Å². The van der Waals surface area contributed by atoms with Gasteiger partial charge in [-0.1, -0.05) is 11.6 Å². The molecule has 1 heterocycles. The van der Waals surface area contributed by atoms with Gasteiger partial charge in [-0.25, -0.2) is 9.98 Å². The molecule has 0 atom stereocenters. The number of thiazole rings is 1. The minimum Gasteiger partial charge on any atom is -0.366 e. The topological polar surface area (TPSA) is 31.7 Å². The van der Waals surface area contributed by atoms with Gasteiger partial charge < -0.3 is 9.80 Å². The highest BCUT2D eigenvalue weighted by Gasteiger charge is 2.13. The Morgan fingerprint density at radius 2 is 2.04 bits per heavy atom. The Kier molecular flexibility index (Phi) is 5.25. The summed E-state index contributed by atoms with van der Waals surface area (Å²) in [6.45, 7) is 5.04. The summed E-state index contributed by atoms with van der Waals surface area (Å²) >= 11 is 8.30. The summed E-state index contributed by atoms with van der Waals surface area (Å²) in [5.41, 5.74) is 6.80. The third-order valence-electron chi connectivity index (χ3n) is 4.13. The van der Waals surface area contributed by atoms with Crippen molar-refractivity contribution in [2.75, 3.05) is 25.5 Å². The normalized spacial score (nSPS) is 11.4. The minimum atomic E-state index is 0.651. The molecule has 0 amide bonds. The molecule has 1 aromatic heterocycles. The molecule has 0 bridgehead atoms. The van der Waals surface area contributed by atoms with E-state index in [1.807, 2.05) is 43.0 Å². The van der Waals surface area contributed by atoms with Gasteiger partial charge in [0.15, 0.2) is 0 Å². The van der Waals surface area contributed by atoms with E-state index in [1.54, 1.807) is 11.3 Å². The minimum absolute atomic E-state index is 0.651. The maximum atomic E-state index is 6.67. The van der Waals surface area contributed by atoms with Crippen molar-refractivity contribution in [2.24, 2.45) is 4.99 Å². The number of fused-ring (bicyclic) bond motifs is 1. The van der Waals surface area contributed by atoms with Gasteiger partial charge in [0.05, 0.1) is 38.5 Å². The first-order valence-electron chi connectivity index (χ1n) is 8.11. The van der Waals surface area contributed by atoms with Gasteiger partial charge >= 0.3 is 0 Å². The molecular weight excluding hydrogens is 352 g/mol. The Bertz CT molecular complexity index is 919. The van der Waals surface area contributed by atoms with Gasteiger partial charge in [0.2, 0.25) is 0 Å². The zero-order valence-corrected chi connectivity index (χ0v) is 16.4. The molecule has 0 saturated heterocycles. The van der Waals surface area contributed by atoms with Crippen LogP contribution in [0, 0.1) is 6.92 Å². The highest BCUT2D eigenvalue weighted by atomic mass is 35.5. The molecule has 0 fully saturated rings. The van der Waals surface area contributed by atoms with E-state index in [1.165, 1.54) is 0 Å². The van der Waals surface area contributed by atoms with Crippen LogP contribution in [0.15, 0.2) is 40.8 Å². The number of benzene rings is 2. The monoisotopic (exact) mass is 372 g/mol. The summed E-state index contributed by atoms with van der Waals surface area (Å²) in [7, 11) is 4.01. The molecule has 0 N–H and O–H groups in total. The van der Waals surface area contributed by atoms with Crippen LogP contribution in [-0.4, -0.2) is 36.9 Å². The summed E-state index contributed by atoms with van der Waals surface area (Å²) < 4.78 is 1.16. The standard InChI is InChI=1S/C19H21ClN4S/c1-5-23(3)11-21-16-8-13(2)9-17(19(16)20)24(4)14-6-7-15-18(10-14)25-12-22-15/h6-12H,5H2,1-4H3. The Labute approximate surface area is 157 Å². The average molecular weight is 373 g/mol. The SMILES string of the molecule is CCN(C)C=Nc1cc(C)cc(N(C)c2ccc3ncsc3c2)c1Cl. The first-order chi connectivity index (χ1) is 12.0. The molecule has 0 aliphatic rings. The fraction of sp³-hybridized carbons (Fsp3) is 0.263. The summed E-state index contributed by atoms with van der Waals surface area (Å²) in [6.07, 6.45) is 1.81. The number of hydrogen-bond donors (Lipinski definition) is 0. The second-order valence-electron chi connectivity index (χ2n) is 6.00. The molecule has 25 heavy (non-hydrogen) atoms. The van der Waals surface area contributed by atoms with Gasteiger partial charge in [-0.2, -0.15) is 0 Å². The van der Waals surface area contributed by atoms with Gasteiger partial charge in [0, 0.05) is 26.3 Å². The zero-order valence-electron chi connectivity index (χ0n) is 14.8. The van der Waals surface area contributed by atoms with Crippen molar-refractivity contribution in [3.8, 4) is 0 Å². The van der Waals surface area contributed by atoms with Crippen molar-refractivity contribution in [2.45, 2.75) is 13.8 Å². The van der Waals surface area contributed by atoms with Gasteiger partial charge in [0.1, 0.15) is 0 Å². The number of aliphatic imine (C=N–C) groups is 1. The van der Waals surface area contributed by atoms with E-state index in [0.717, 1.165) is 39.4 Å². The third-order valence-corrected chi connectivity index (χ3v) is 5.31. The second kappa shape index (κ2) is 7.42. The smallest absolute Gasteiger partial charge is 0.0910 e. The van der Waals surface area contributed by atoms with Crippen molar-refractivity contribution in [3.63, 3.8) is 0 Å². The number of nitrogens with zero attached hydrogens (tertiary/aromatic N) is 4. The maximum Gasteiger partial charge on any atom is 0.0910 e. The molecule has 6 heteroatoms. The average Bonchev–Trinajstić information content (AvgIpc) is 3.08. The number of aromatic nitrogens is 1. The molecule has 0 unspecified atom stereocenters. The molecule has 0 radical (unpaired) electrons. The molecule has 0 aliphatic carbocycles. The van der Waals surface area contributed by atoms with E-state index >= 15 is 0 Å². The van der Waals surface area contributed by atoms with E-state index in [0.29, 0.717) is 5.02 Å². The van der Waals surface area contributed by atoms with E-state index in [4.69, 9.17) is 11.6 Å². The molecular formula is C19H21ClN4S. The Hall–Kier alpha value is -2.11. The lowest BCUT2D eigenvalue weighted by Gasteiger charge is -2.22. The van der Waals surface area contributed by atoms with Gasteiger partial charge in [-0.15, -0.1) is 11.3 Å². The van der Waals surface area contributed by atoms with Crippen LogP contribution in [0.1, 0.15) is 12.5 Å². The molecule has 0 aliphatic heterocycles. The lowest BCUT2D eigenvalue weighted by Crippen LogP contribution is -2.14. The molecule has 2 aromatic carbocycles. The van der Waals surface area contributed by atoms with Crippen LogP contribution in [0.3, 0.4) is 0 Å². The van der Waals surface area contributed by atoms with Crippen LogP contribution >= 0.6 is 22.9 Å². The summed E-state index contributed by atoms with van der Waals surface area (Å²) in [5.74, 6) is 0. The lowest BCUT2D eigenvalue weighted by molar-refractivity contribution is 0.552. The fourth-order valence-corrected chi connectivity index (χ4v) is 3.50. The van der Waals surface area contributed by atoms with E-state index in [9.17, 15) is 0 Å². The highest BCUT2D eigenvalue weighted by Crippen LogP contribution is 2.39. The molecule has 0 saturated carbocycles. The highest BCUT2D eigenvalue weighted by molar-refractivity contribution is 7.16. The molecule has 130 valence electrons. The van der Waals surface area contributed by atoms with Crippen molar-refractivity contribution in [3.05, 3.63) is 46.4 Å². The van der Waals surface area contributed by atoms with Crippen LogP contribution in [0.4, 0.5) is 17.1 Å². The molecule has 0 spiro atoms. The van der Waals surface area contributed by atoms with Gasteiger partial charge in [-0.3, -0.25) is 0 Å². The molecule has 4 nitrogen and oxygen atoms in total. The van der Waals surface area contributed by atoms with Crippen molar-refractivity contribution in [1.29, 1.82) is 0 Å². The van der Waals surface area contributed by atoms with Crippen molar-refractivity contribution in [1.82, 2.24) is 9.88 Å². The predicted molar refractivity (Wildman–Crippen MR) is 110 cm³/mol. The van der Waals surface area contributed by atoms with Crippen LogP contribution in [0.25, 0.3) is 10.2 Å². The first-order valence-corrected chi connectivity index (χ1v) is 9.37. The molecule has 3 aromatic rings. The molecule has 3 rings (SSSR count). The Balaban J connectivity index is 2.00. The van der Waals surface area contributed by atoms with Crippen LogP contribution < -0.4 is 4.90 Å². The fourth-order valence-electron chi connectivity index (χ4n) is 2.50. The predicted octanol–water partition coefficient (Wildman–Crippen LogP) is 5.64. The van der Waals surface area contributed by atoms with Crippen molar-refractivity contribution >= 4 is 56.6 Å². The Morgan fingerprint density at radius 1 is 1.24 bits per heavy atom. The largest absolute Gasteiger partial charge is 0.366 e. The second-order valence-corrected chi connectivity index (χ2v) is 7.26. The van der Waals surface area contributed by atoms with E-state index < -0.39 is 0 Å². The quantitative estimate of drug-likeness (QED) is 0.429. The number of halogens is 1. The van der Waals surface area contributed by atoms with Crippen LogP contribution in [0.2, 0.25) is 5.02 Å². The number of rotatable bonds is 5. The number of aryl methyl sites for hydroxylation is 1. The van der Waals surface area contributed by atoms with Crippen molar-refractivity contribution < 1.29 is 0 Å². The van der Waals surface area contributed by atoms with Crippen LogP contribution in [0.5, 0.6) is 0 Å². The van der Waals surface area contributed by atoms with Crippen LogP contribution in [-0.2, 0) is 0 Å². The zero-order chi connectivity index (χ0) is 18.0. The third kappa shape index (κ3) is 3.78. The number of hydrogen-bond acceptors (Lipinski definition) is 4. The maximum absolute atomic E-state index is 6.67. The summed E-state index contributed by atoms with van der Waals surface area (Å²) in [4.78, 5) is 13.0. The Morgan fingerprint density at radius 3 is 2.80 bits per heavy atom. The van der Waals surface area contributed by atoms with Gasteiger partial charge in [-0.05, 0) is 49.7 Å². The van der Waals surface area contributed by atoms with E-state index in [2.05, 4.69) is 46.9 Å². The van der Waals surface area contributed by atoms with E-state index in [-0.39, 0.29) is 0 Å².